The molecule has 1 aliphatic carbocycles. The summed E-state index contributed by atoms with van der Waals surface area (Å²) in [5.41, 5.74) is 0.171. The number of hydrogen-bond donors (Lipinski definition) is 2. The molecule has 0 amide bonds. The van der Waals surface area contributed by atoms with Crippen molar-refractivity contribution in [1.82, 2.24) is 5.32 Å². The van der Waals surface area contributed by atoms with Crippen molar-refractivity contribution < 1.29 is 9.84 Å². The molecule has 2 N–H and O–H groups in total. The average Bonchev–Trinajstić information content (AvgIpc) is 2.89. The van der Waals surface area contributed by atoms with Crippen molar-refractivity contribution in [2.45, 2.75) is 57.7 Å². The van der Waals surface area contributed by atoms with Crippen LogP contribution in [0.2, 0.25) is 0 Å². The van der Waals surface area contributed by atoms with Crippen molar-refractivity contribution in [2.75, 3.05) is 19.7 Å². The molecular weight excluding hydrogens is 202 g/mol. The van der Waals surface area contributed by atoms with E-state index in [9.17, 15) is 5.11 Å². The lowest BCUT2D eigenvalue weighted by molar-refractivity contribution is 0.0514. The van der Waals surface area contributed by atoms with Crippen LogP contribution in [0.4, 0.5) is 0 Å². The van der Waals surface area contributed by atoms with E-state index in [2.05, 4.69) is 12.2 Å². The van der Waals surface area contributed by atoms with Gasteiger partial charge in [0.05, 0.1) is 12.2 Å². The second kappa shape index (κ2) is 5.48. The smallest absolute Gasteiger partial charge is 0.0704 e. The first kappa shape index (κ1) is 12.3. The Labute approximate surface area is 98.6 Å². The number of aliphatic hydroxyl groups excluding tert-OH is 1. The molecule has 1 saturated carbocycles. The van der Waals surface area contributed by atoms with Crippen LogP contribution < -0.4 is 5.32 Å². The summed E-state index contributed by atoms with van der Waals surface area (Å²) in [6.07, 6.45) is 8.12. The van der Waals surface area contributed by atoms with Crippen LogP contribution in [0.5, 0.6) is 0 Å². The van der Waals surface area contributed by atoms with E-state index in [1.54, 1.807) is 0 Å². The summed E-state index contributed by atoms with van der Waals surface area (Å²) in [6, 6.07) is 0. The molecule has 94 valence electrons. The van der Waals surface area contributed by atoms with Crippen LogP contribution in [-0.2, 0) is 4.74 Å². The highest BCUT2D eigenvalue weighted by Crippen LogP contribution is 2.36. The number of ether oxygens (including phenoxy) is 1. The zero-order valence-electron chi connectivity index (χ0n) is 10.4. The average molecular weight is 227 g/mol. The van der Waals surface area contributed by atoms with Crippen molar-refractivity contribution in [3.63, 3.8) is 0 Å². The van der Waals surface area contributed by atoms with E-state index < -0.39 is 0 Å². The summed E-state index contributed by atoms with van der Waals surface area (Å²) in [6.45, 7) is 4.39. The molecule has 0 radical (unpaired) electrons. The zero-order chi connectivity index (χ0) is 11.4. The zero-order valence-corrected chi connectivity index (χ0v) is 10.4. The van der Waals surface area contributed by atoms with E-state index in [1.807, 2.05) is 0 Å². The van der Waals surface area contributed by atoms with Gasteiger partial charge in [0.2, 0.25) is 0 Å². The molecule has 0 aromatic rings. The van der Waals surface area contributed by atoms with Gasteiger partial charge in [0.15, 0.2) is 0 Å². The predicted octanol–water partition coefficient (Wildman–Crippen LogP) is 1.70. The van der Waals surface area contributed by atoms with E-state index in [-0.39, 0.29) is 5.41 Å². The molecular formula is C13H25NO2. The van der Waals surface area contributed by atoms with Crippen LogP contribution in [0.1, 0.15) is 45.4 Å². The topological polar surface area (TPSA) is 41.5 Å². The fourth-order valence-corrected chi connectivity index (χ4v) is 3.05. The first-order valence-corrected chi connectivity index (χ1v) is 6.71. The minimum Gasteiger partial charge on any atom is -0.396 e. The fourth-order valence-electron chi connectivity index (χ4n) is 3.05. The van der Waals surface area contributed by atoms with Gasteiger partial charge in [0, 0.05) is 25.1 Å². The molecule has 0 spiro atoms. The Bertz CT molecular complexity index is 214. The third-order valence-corrected chi connectivity index (χ3v) is 4.19. The van der Waals surface area contributed by atoms with Gasteiger partial charge < -0.3 is 15.2 Å². The highest BCUT2D eigenvalue weighted by atomic mass is 16.5. The van der Waals surface area contributed by atoms with Gasteiger partial charge in [-0.25, -0.2) is 0 Å². The minimum atomic E-state index is 0.171. The van der Waals surface area contributed by atoms with Crippen molar-refractivity contribution in [2.24, 2.45) is 5.41 Å². The molecule has 2 aliphatic rings. The van der Waals surface area contributed by atoms with Gasteiger partial charge in [0.25, 0.3) is 0 Å². The van der Waals surface area contributed by atoms with Crippen molar-refractivity contribution in [1.29, 1.82) is 0 Å². The van der Waals surface area contributed by atoms with E-state index in [0.717, 1.165) is 13.1 Å². The largest absolute Gasteiger partial charge is 0.396 e. The summed E-state index contributed by atoms with van der Waals surface area (Å²) in [7, 11) is 0. The summed E-state index contributed by atoms with van der Waals surface area (Å²) < 4.78 is 5.77. The molecule has 0 bridgehead atoms. The maximum Gasteiger partial charge on any atom is 0.0704 e. The van der Waals surface area contributed by atoms with Crippen LogP contribution in [-0.4, -0.2) is 37.0 Å². The third kappa shape index (κ3) is 2.96. The first-order valence-electron chi connectivity index (χ1n) is 6.71. The van der Waals surface area contributed by atoms with Crippen LogP contribution in [0, 0.1) is 5.41 Å². The van der Waals surface area contributed by atoms with Gasteiger partial charge in [-0.3, -0.25) is 0 Å². The summed E-state index contributed by atoms with van der Waals surface area (Å²) in [5, 5.41) is 13.0. The third-order valence-electron chi connectivity index (χ3n) is 4.19. The van der Waals surface area contributed by atoms with Gasteiger partial charge in [-0.05, 0) is 32.6 Å². The molecule has 3 nitrogen and oxygen atoms in total. The molecule has 2 unspecified atom stereocenters. The highest BCUT2D eigenvalue weighted by molar-refractivity contribution is 4.86. The lowest BCUT2D eigenvalue weighted by Gasteiger charge is -2.27. The Morgan fingerprint density at radius 3 is 2.62 bits per heavy atom. The molecule has 0 aromatic heterocycles. The normalized spacial score (nSPS) is 33.4. The Hall–Kier alpha value is -0.120. The number of rotatable bonds is 5. The van der Waals surface area contributed by atoms with Crippen molar-refractivity contribution in [3.05, 3.63) is 0 Å². The Morgan fingerprint density at radius 1 is 1.31 bits per heavy atom. The van der Waals surface area contributed by atoms with E-state index in [0.29, 0.717) is 18.8 Å². The van der Waals surface area contributed by atoms with Crippen LogP contribution in [0.15, 0.2) is 0 Å². The molecule has 16 heavy (non-hydrogen) atoms. The van der Waals surface area contributed by atoms with Crippen LogP contribution in [0.3, 0.4) is 0 Å². The van der Waals surface area contributed by atoms with Gasteiger partial charge in [-0.2, -0.15) is 0 Å². The molecule has 1 saturated heterocycles. The number of nitrogens with one attached hydrogen (secondary N) is 1. The minimum absolute atomic E-state index is 0.171. The quantitative estimate of drug-likeness (QED) is 0.751. The summed E-state index contributed by atoms with van der Waals surface area (Å²) in [5.74, 6) is 0. The maximum atomic E-state index is 9.48. The van der Waals surface area contributed by atoms with Crippen LogP contribution in [0.25, 0.3) is 0 Å². The molecule has 1 aliphatic heterocycles. The molecule has 1 heterocycles. The van der Waals surface area contributed by atoms with Crippen molar-refractivity contribution in [3.8, 4) is 0 Å². The van der Waals surface area contributed by atoms with Gasteiger partial charge >= 0.3 is 0 Å². The van der Waals surface area contributed by atoms with Gasteiger partial charge in [0.1, 0.15) is 0 Å². The summed E-state index contributed by atoms with van der Waals surface area (Å²) >= 11 is 0. The monoisotopic (exact) mass is 227 g/mol. The Kier molecular flexibility index (Phi) is 4.22. The fraction of sp³-hybridized carbons (Fsp3) is 1.00. The standard InChI is InChI=1S/C13H25NO2/c1-11-4-5-12(16-11)8-14-9-13(10-15)6-2-3-7-13/h11-12,14-15H,2-10H2,1H3. The maximum absolute atomic E-state index is 9.48. The SMILES string of the molecule is CC1CCC(CNCC2(CO)CCCC2)O1. The first-order chi connectivity index (χ1) is 7.74. The van der Waals surface area contributed by atoms with E-state index in [1.165, 1.54) is 38.5 Å². The lowest BCUT2D eigenvalue weighted by Crippen LogP contribution is -2.38. The highest BCUT2D eigenvalue weighted by Gasteiger charge is 2.33. The van der Waals surface area contributed by atoms with E-state index >= 15 is 0 Å². The second-order valence-corrected chi connectivity index (χ2v) is 5.64. The lowest BCUT2D eigenvalue weighted by atomic mass is 9.87. The molecule has 2 rings (SSSR count). The number of hydrogen-bond acceptors (Lipinski definition) is 3. The van der Waals surface area contributed by atoms with E-state index in [4.69, 9.17) is 4.74 Å². The van der Waals surface area contributed by atoms with Gasteiger partial charge in [-0.15, -0.1) is 0 Å². The van der Waals surface area contributed by atoms with Crippen molar-refractivity contribution >= 4 is 0 Å². The van der Waals surface area contributed by atoms with Gasteiger partial charge in [-0.1, -0.05) is 12.8 Å². The Balaban J connectivity index is 1.67. The van der Waals surface area contributed by atoms with Crippen LogP contribution >= 0.6 is 0 Å². The molecule has 3 heteroatoms. The molecule has 0 aromatic carbocycles. The molecule has 2 atom stereocenters. The summed E-state index contributed by atoms with van der Waals surface area (Å²) in [4.78, 5) is 0. The second-order valence-electron chi connectivity index (χ2n) is 5.64. The molecule has 2 fully saturated rings. The number of aliphatic hydroxyl groups is 1. The Morgan fingerprint density at radius 2 is 2.06 bits per heavy atom. The predicted molar refractivity (Wildman–Crippen MR) is 64.4 cm³/mol.